The third-order valence-corrected chi connectivity index (χ3v) is 3.93. The Morgan fingerprint density at radius 3 is 2.57 bits per heavy atom. The van der Waals surface area contributed by atoms with Crippen LogP contribution in [-0.4, -0.2) is 29.3 Å². The molecule has 2 rings (SSSR count). The molecule has 0 aliphatic heterocycles. The molecule has 0 radical (unpaired) electrons. The van der Waals surface area contributed by atoms with Gasteiger partial charge in [0.25, 0.3) is 0 Å². The topological polar surface area (TPSA) is 54.4 Å². The van der Waals surface area contributed by atoms with E-state index in [4.69, 9.17) is 4.74 Å². The standard InChI is InChI=1S/C16H22N2O2S/c1-11-4-12(2)6-15(5-11)20-9-14(19)7-17-8-16-18-13(3)10-21-16/h4-6,10,14,17,19H,7-9H2,1-3H3. The first-order chi connectivity index (χ1) is 10.0. The zero-order valence-electron chi connectivity index (χ0n) is 12.7. The fourth-order valence-electron chi connectivity index (χ4n) is 2.10. The van der Waals surface area contributed by atoms with Gasteiger partial charge in [-0.25, -0.2) is 4.98 Å². The predicted molar refractivity (Wildman–Crippen MR) is 86.0 cm³/mol. The number of ether oxygens (including phenoxy) is 1. The van der Waals surface area contributed by atoms with E-state index < -0.39 is 6.10 Å². The molecule has 1 aromatic carbocycles. The molecule has 0 bridgehead atoms. The molecule has 5 heteroatoms. The van der Waals surface area contributed by atoms with E-state index in [1.54, 1.807) is 11.3 Å². The SMILES string of the molecule is Cc1cc(C)cc(OCC(O)CNCc2nc(C)cs2)c1. The lowest BCUT2D eigenvalue weighted by Crippen LogP contribution is -2.31. The van der Waals surface area contributed by atoms with Gasteiger partial charge in [-0.3, -0.25) is 0 Å². The maximum atomic E-state index is 9.93. The number of aryl methyl sites for hydroxylation is 3. The van der Waals surface area contributed by atoms with Crippen LogP contribution in [-0.2, 0) is 6.54 Å². The van der Waals surface area contributed by atoms with Gasteiger partial charge in [-0.2, -0.15) is 0 Å². The van der Waals surface area contributed by atoms with Gasteiger partial charge in [-0.1, -0.05) is 6.07 Å². The van der Waals surface area contributed by atoms with E-state index in [0.29, 0.717) is 13.1 Å². The molecule has 0 aliphatic rings. The Morgan fingerprint density at radius 2 is 1.95 bits per heavy atom. The van der Waals surface area contributed by atoms with Gasteiger partial charge < -0.3 is 15.2 Å². The van der Waals surface area contributed by atoms with Crippen LogP contribution in [0.25, 0.3) is 0 Å². The Morgan fingerprint density at radius 1 is 1.24 bits per heavy atom. The highest BCUT2D eigenvalue weighted by Gasteiger charge is 2.06. The summed E-state index contributed by atoms with van der Waals surface area (Å²) in [6.45, 7) is 7.50. The van der Waals surface area contributed by atoms with Crippen LogP contribution >= 0.6 is 11.3 Å². The van der Waals surface area contributed by atoms with E-state index >= 15 is 0 Å². The minimum absolute atomic E-state index is 0.285. The molecule has 2 aromatic rings. The van der Waals surface area contributed by atoms with E-state index in [9.17, 15) is 5.11 Å². The molecule has 114 valence electrons. The van der Waals surface area contributed by atoms with Crippen molar-refractivity contribution in [2.75, 3.05) is 13.2 Å². The molecule has 0 spiro atoms. The Labute approximate surface area is 129 Å². The van der Waals surface area contributed by atoms with Crippen LogP contribution in [0.2, 0.25) is 0 Å². The van der Waals surface area contributed by atoms with Crippen molar-refractivity contribution in [1.29, 1.82) is 0 Å². The predicted octanol–water partition coefficient (Wildman–Crippen LogP) is 2.60. The van der Waals surface area contributed by atoms with Gasteiger partial charge >= 0.3 is 0 Å². The van der Waals surface area contributed by atoms with Gasteiger partial charge in [-0.05, 0) is 44.0 Å². The summed E-state index contributed by atoms with van der Waals surface area (Å²) in [5, 5.41) is 16.2. The van der Waals surface area contributed by atoms with Crippen molar-refractivity contribution in [2.45, 2.75) is 33.4 Å². The number of aliphatic hydroxyl groups excluding tert-OH is 1. The van der Waals surface area contributed by atoms with Crippen molar-refractivity contribution in [3.8, 4) is 5.75 Å². The molecular formula is C16H22N2O2S. The molecule has 0 aliphatic carbocycles. The van der Waals surface area contributed by atoms with Gasteiger partial charge in [0, 0.05) is 24.2 Å². The van der Waals surface area contributed by atoms with Crippen molar-refractivity contribution in [3.63, 3.8) is 0 Å². The second-order valence-electron chi connectivity index (χ2n) is 5.30. The summed E-state index contributed by atoms with van der Waals surface area (Å²) in [6, 6.07) is 6.05. The lowest BCUT2D eigenvalue weighted by Gasteiger charge is -2.13. The van der Waals surface area contributed by atoms with Crippen LogP contribution < -0.4 is 10.1 Å². The molecule has 0 saturated heterocycles. The summed E-state index contributed by atoms with van der Waals surface area (Å²) in [4.78, 5) is 4.36. The van der Waals surface area contributed by atoms with Crippen LogP contribution in [0.5, 0.6) is 5.75 Å². The molecule has 0 saturated carbocycles. The summed E-state index contributed by atoms with van der Waals surface area (Å²) in [5.74, 6) is 0.807. The Balaban J connectivity index is 1.70. The number of aliphatic hydroxyl groups is 1. The highest BCUT2D eigenvalue weighted by Crippen LogP contribution is 2.16. The number of aromatic nitrogens is 1. The van der Waals surface area contributed by atoms with Crippen molar-refractivity contribution in [3.05, 3.63) is 45.4 Å². The van der Waals surface area contributed by atoms with Crippen molar-refractivity contribution >= 4 is 11.3 Å². The smallest absolute Gasteiger partial charge is 0.119 e. The molecule has 0 amide bonds. The summed E-state index contributed by atoms with van der Waals surface area (Å²) >= 11 is 1.63. The molecule has 1 unspecified atom stereocenters. The summed E-state index contributed by atoms with van der Waals surface area (Å²) in [5.41, 5.74) is 3.36. The number of nitrogens with one attached hydrogen (secondary N) is 1. The monoisotopic (exact) mass is 306 g/mol. The zero-order valence-corrected chi connectivity index (χ0v) is 13.5. The van der Waals surface area contributed by atoms with Gasteiger partial charge in [-0.15, -0.1) is 11.3 Å². The van der Waals surface area contributed by atoms with Gasteiger partial charge in [0.15, 0.2) is 0 Å². The lowest BCUT2D eigenvalue weighted by molar-refractivity contribution is 0.106. The van der Waals surface area contributed by atoms with E-state index in [2.05, 4.69) is 16.4 Å². The maximum Gasteiger partial charge on any atom is 0.119 e. The highest BCUT2D eigenvalue weighted by molar-refractivity contribution is 7.09. The first-order valence-corrected chi connectivity index (χ1v) is 7.92. The molecule has 1 aromatic heterocycles. The largest absolute Gasteiger partial charge is 0.491 e. The van der Waals surface area contributed by atoms with Crippen LogP contribution in [0.15, 0.2) is 23.6 Å². The van der Waals surface area contributed by atoms with Crippen LogP contribution in [0.4, 0.5) is 0 Å². The number of nitrogens with zero attached hydrogens (tertiary/aromatic N) is 1. The summed E-state index contributed by atoms with van der Waals surface area (Å²) in [6.07, 6.45) is -0.535. The number of benzene rings is 1. The van der Waals surface area contributed by atoms with Crippen molar-refractivity contribution in [1.82, 2.24) is 10.3 Å². The third kappa shape index (κ3) is 5.46. The second-order valence-corrected chi connectivity index (χ2v) is 6.24. The average Bonchev–Trinajstić information content (AvgIpc) is 2.81. The number of thiazole rings is 1. The van der Waals surface area contributed by atoms with Crippen LogP contribution in [0, 0.1) is 20.8 Å². The molecule has 4 nitrogen and oxygen atoms in total. The molecule has 2 N–H and O–H groups in total. The molecule has 1 atom stereocenters. The van der Waals surface area contributed by atoms with E-state index in [-0.39, 0.29) is 6.61 Å². The minimum atomic E-state index is -0.535. The normalized spacial score (nSPS) is 12.4. The Hall–Kier alpha value is -1.43. The van der Waals surface area contributed by atoms with Crippen molar-refractivity contribution in [2.24, 2.45) is 0 Å². The Kier molecular flexibility index (Phi) is 5.73. The second kappa shape index (κ2) is 7.54. The van der Waals surface area contributed by atoms with Gasteiger partial charge in [0.2, 0.25) is 0 Å². The quantitative estimate of drug-likeness (QED) is 0.825. The van der Waals surface area contributed by atoms with Gasteiger partial charge in [0.1, 0.15) is 23.5 Å². The first-order valence-electron chi connectivity index (χ1n) is 7.04. The lowest BCUT2D eigenvalue weighted by atomic mass is 10.1. The van der Waals surface area contributed by atoms with E-state index in [1.165, 1.54) is 0 Å². The Bertz CT molecular complexity index is 563. The van der Waals surface area contributed by atoms with Crippen molar-refractivity contribution < 1.29 is 9.84 Å². The average molecular weight is 306 g/mol. The minimum Gasteiger partial charge on any atom is -0.491 e. The fourth-order valence-corrected chi connectivity index (χ4v) is 2.84. The van der Waals surface area contributed by atoms with Gasteiger partial charge in [0.05, 0.1) is 0 Å². The number of hydrogen-bond donors (Lipinski definition) is 2. The van der Waals surface area contributed by atoms with E-state index in [1.807, 2.05) is 38.3 Å². The molecule has 0 fully saturated rings. The maximum absolute atomic E-state index is 9.93. The first kappa shape index (κ1) is 15.9. The molecule has 1 heterocycles. The fraction of sp³-hybridized carbons (Fsp3) is 0.438. The third-order valence-electron chi connectivity index (χ3n) is 2.96. The molecule has 21 heavy (non-hydrogen) atoms. The number of rotatable bonds is 7. The highest BCUT2D eigenvalue weighted by atomic mass is 32.1. The van der Waals surface area contributed by atoms with Crippen LogP contribution in [0.1, 0.15) is 21.8 Å². The summed E-state index contributed by atoms with van der Waals surface area (Å²) < 4.78 is 5.63. The number of hydrogen-bond acceptors (Lipinski definition) is 5. The van der Waals surface area contributed by atoms with Crippen LogP contribution in [0.3, 0.4) is 0 Å². The summed E-state index contributed by atoms with van der Waals surface area (Å²) in [7, 11) is 0. The molecular weight excluding hydrogens is 284 g/mol. The zero-order chi connectivity index (χ0) is 15.2. The van der Waals surface area contributed by atoms with E-state index in [0.717, 1.165) is 27.6 Å².